The molecule has 2 atom stereocenters. The van der Waals surface area contributed by atoms with E-state index in [4.69, 9.17) is 0 Å². The van der Waals surface area contributed by atoms with Crippen molar-refractivity contribution in [3.05, 3.63) is 16.3 Å². The molecule has 34 heavy (non-hydrogen) atoms. The maximum atomic E-state index is 13.2. The van der Waals surface area contributed by atoms with Gasteiger partial charge in [0.1, 0.15) is 0 Å². The molecule has 1 aromatic rings. The van der Waals surface area contributed by atoms with E-state index in [1.165, 1.54) is 6.92 Å². The largest absolute Gasteiger partial charge is 0.394 e. The van der Waals surface area contributed by atoms with Gasteiger partial charge in [-0.1, -0.05) is 0 Å². The van der Waals surface area contributed by atoms with Crippen molar-refractivity contribution < 1.29 is 45.0 Å². The lowest BCUT2D eigenvalue weighted by Gasteiger charge is -2.33. The van der Waals surface area contributed by atoms with Crippen molar-refractivity contribution in [2.24, 2.45) is 0 Å². The summed E-state index contributed by atoms with van der Waals surface area (Å²) in [5.74, 6) is -1.94. The molecule has 192 valence electrons. The Morgan fingerprint density at radius 2 is 1.35 bits per heavy atom. The van der Waals surface area contributed by atoms with Crippen LogP contribution in [0.25, 0.3) is 0 Å². The van der Waals surface area contributed by atoms with Gasteiger partial charge in [0.25, 0.3) is 5.91 Å². The van der Waals surface area contributed by atoms with E-state index in [0.717, 1.165) is 16.7 Å². The van der Waals surface area contributed by atoms with Crippen LogP contribution < -0.4 is 15.1 Å². The van der Waals surface area contributed by atoms with Crippen molar-refractivity contribution in [1.29, 1.82) is 0 Å². The third kappa shape index (κ3) is 7.31. The van der Waals surface area contributed by atoms with E-state index < -0.39 is 62.5 Å². The molecule has 0 fully saturated rings. The van der Waals surface area contributed by atoms with Gasteiger partial charge in [-0.05, 0) is 67.8 Å². The Balaban J connectivity index is 4.05. The van der Waals surface area contributed by atoms with Gasteiger partial charge in [-0.25, -0.2) is 0 Å². The fourth-order valence-corrected chi connectivity index (χ4v) is 7.69. The van der Waals surface area contributed by atoms with Crippen LogP contribution in [0.5, 0.6) is 0 Å². The lowest BCUT2D eigenvalue weighted by atomic mass is 10.1. The molecule has 3 amide bonds. The number of aliphatic hydroxyl groups is 6. The monoisotopic (exact) mass is 821 g/mol. The second-order valence-electron chi connectivity index (χ2n) is 7.07. The molecule has 0 aliphatic heterocycles. The van der Waals surface area contributed by atoms with Crippen LogP contribution in [0, 0.1) is 10.7 Å². The summed E-state index contributed by atoms with van der Waals surface area (Å²) >= 11 is 5.45. The Bertz CT molecular complexity index is 915. The minimum atomic E-state index is -1.67. The van der Waals surface area contributed by atoms with Gasteiger partial charge in [-0.3, -0.25) is 19.3 Å². The Hall–Kier alpha value is -0.420. The number of hydrogen-bond acceptors (Lipinski definition) is 9. The minimum Gasteiger partial charge on any atom is -0.394 e. The maximum absolute atomic E-state index is 13.2. The summed E-state index contributed by atoms with van der Waals surface area (Å²) in [5, 5.41) is 60.4. The molecule has 0 heterocycles. The first-order valence-electron chi connectivity index (χ1n) is 9.76. The molecule has 0 spiro atoms. The number of hydrogen-bond donors (Lipinski definition) is 7. The van der Waals surface area contributed by atoms with E-state index in [9.17, 15) is 45.0 Å². The molecule has 0 saturated heterocycles. The predicted octanol–water partition coefficient (Wildman–Crippen LogP) is -1.05. The molecule has 1 rings (SSSR count). The van der Waals surface area contributed by atoms with Crippen LogP contribution in [-0.2, 0) is 9.59 Å². The number of nitrogens with one attached hydrogen (secondary N) is 1. The summed E-state index contributed by atoms with van der Waals surface area (Å²) in [6.45, 7) is -0.530. The van der Waals surface area contributed by atoms with Gasteiger partial charge in [-0.15, -0.1) is 0 Å². The standard InChI is InChI=1S/C19H26I3N3O9/c1-8(30)24(3-11(32)6-28)17-14(20)13(19(34)23-10(4-26)5-27)15(21)18(16(17)22)25(9(2)31)12(33)7-29/h10-12,26-29,32-33H,3-7H2,1-2H3,(H,23,34)/t11-,12+/m1/s1. The van der Waals surface area contributed by atoms with E-state index in [0.29, 0.717) is 0 Å². The summed E-state index contributed by atoms with van der Waals surface area (Å²) in [5.41, 5.74) is 0.132. The lowest BCUT2D eigenvalue weighted by molar-refractivity contribution is -0.119. The van der Waals surface area contributed by atoms with Crippen LogP contribution in [-0.4, -0.2) is 99.7 Å². The van der Waals surface area contributed by atoms with Crippen LogP contribution in [0.3, 0.4) is 0 Å². The number of benzene rings is 1. The van der Waals surface area contributed by atoms with Gasteiger partial charge in [0.15, 0.2) is 6.23 Å². The predicted molar refractivity (Wildman–Crippen MR) is 147 cm³/mol. The molecule has 0 saturated carbocycles. The lowest BCUT2D eigenvalue weighted by Crippen LogP contribution is -2.45. The van der Waals surface area contributed by atoms with Crippen molar-refractivity contribution in [3.63, 3.8) is 0 Å². The summed E-state index contributed by atoms with van der Waals surface area (Å²) in [7, 11) is 0. The molecular weight excluding hydrogens is 795 g/mol. The molecule has 0 aromatic heterocycles. The first-order chi connectivity index (χ1) is 15.9. The van der Waals surface area contributed by atoms with Crippen LogP contribution in [0.1, 0.15) is 24.2 Å². The zero-order valence-corrected chi connectivity index (χ0v) is 24.7. The van der Waals surface area contributed by atoms with Crippen LogP contribution in [0.2, 0.25) is 0 Å². The summed E-state index contributed by atoms with van der Waals surface area (Å²) < 4.78 is 0.688. The molecule has 0 unspecified atom stereocenters. The van der Waals surface area contributed by atoms with E-state index in [1.54, 1.807) is 22.6 Å². The van der Waals surface area contributed by atoms with Gasteiger partial charge in [0.2, 0.25) is 11.8 Å². The molecule has 0 radical (unpaired) electrons. The normalized spacial score (nSPS) is 12.9. The average Bonchev–Trinajstić information content (AvgIpc) is 2.78. The van der Waals surface area contributed by atoms with E-state index in [2.05, 4.69) is 5.32 Å². The minimum absolute atomic E-state index is 0.0281. The molecule has 1 aromatic carbocycles. The number of anilines is 2. The molecule has 0 aliphatic rings. The van der Waals surface area contributed by atoms with Crippen molar-refractivity contribution in [1.82, 2.24) is 5.32 Å². The molecule has 12 nitrogen and oxygen atoms in total. The third-order valence-corrected chi connectivity index (χ3v) is 7.69. The number of carbonyl (C=O) groups excluding carboxylic acids is 3. The summed E-state index contributed by atoms with van der Waals surface area (Å²) in [6.07, 6.45) is -2.98. The van der Waals surface area contributed by atoms with Crippen molar-refractivity contribution >= 4 is 96.9 Å². The van der Waals surface area contributed by atoms with Crippen molar-refractivity contribution in [2.45, 2.75) is 32.2 Å². The zero-order valence-electron chi connectivity index (χ0n) is 18.2. The average molecular weight is 821 g/mol. The number of halogens is 3. The first kappa shape index (κ1) is 31.6. The quantitative estimate of drug-likeness (QED) is 0.108. The van der Waals surface area contributed by atoms with E-state index in [-0.39, 0.29) is 34.2 Å². The SMILES string of the molecule is CC(=O)N(C[C@@H](O)CO)c1c(I)c(C(=O)NC(CO)CO)c(I)c(N(C(C)=O)[C@@H](O)CO)c1I. The van der Waals surface area contributed by atoms with Gasteiger partial charge in [0, 0.05) is 13.8 Å². The smallest absolute Gasteiger partial charge is 0.253 e. The van der Waals surface area contributed by atoms with Crippen molar-refractivity contribution in [2.75, 3.05) is 42.8 Å². The molecule has 15 heteroatoms. The molecule has 0 aliphatic carbocycles. The Morgan fingerprint density at radius 1 is 0.824 bits per heavy atom. The molecule has 7 N–H and O–H groups in total. The number of rotatable bonds is 11. The number of amides is 3. The van der Waals surface area contributed by atoms with E-state index in [1.807, 2.05) is 45.2 Å². The molecular formula is C19H26I3N3O9. The Kier molecular flexibility index (Phi) is 13.3. The van der Waals surface area contributed by atoms with Gasteiger partial charge < -0.3 is 40.9 Å². The van der Waals surface area contributed by atoms with Crippen LogP contribution in [0.4, 0.5) is 11.4 Å². The fourth-order valence-electron chi connectivity index (χ4n) is 2.94. The van der Waals surface area contributed by atoms with Crippen LogP contribution >= 0.6 is 67.8 Å². The van der Waals surface area contributed by atoms with E-state index >= 15 is 0 Å². The summed E-state index contributed by atoms with van der Waals surface area (Å²) in [4.78, 5) is 40.2. The Labute approximate surface area is 236 Å². The highest BCUT2D eigenvalue weighted by molar-refractivity contribution is 14.1. The molecule has 0 bridgehead atoms. The highest BCUT2D eigenvalue weighted by atomic mass is 127. The third-order valence-electron chi connectivity index (χ3n) is 4.57. The first-order valence-corrected chi connectivity index (χ1v) is 13.0. The van der Waals surface area contributed by atoms with Gasteiger partial charge in [0.05, 0.1) is 72.8 Å². The number of nitrogens with zero attached hydrogens (tertiary/aromatic N) is 2. The topological polar surface area (TPSA) is 191 Å². The maximum Gasteiger partial charge on any atom is 0.253 e. The van der Waals surface area contributed by atoms with Crippen LogP contribution in [0.15, 0.2) is 0 Å². The van der Waals surface area contributed by atoms with Gasteiger partial charge >= 0.3 is 0 Å². The zero-order chi connectivity index (χ0) is 26.3. The highest BCUT2D eigenvalue weighted by Gasteiger charge is 2.34. The Morgan fingerprint density at radius 3 is 1.76 bits per heavy atom. The second kappa shape index (κ2) is 14.4. The number of aliphatic hydroxyl groups excluding tert-OH is 6. The van der Waals surface area contributed by atoms with Gasteiger partial charge in [-0.2, -0.15) is 0 Å². The number of carbonyl (C=O) groups is 3. The second-order valence-corrected chi connectivity index (χ2v) is 10.3. The fraction of sp³-hybridized carbons (Fsp3) is 0.526. The summed E-state index contributed by atoms with van der Waals surface area (Å²) in [6, 6.07) is -0.989. The van der Waals surface area contributed by atoms with Crippen molar-refractivity contribution in [3.8, 4) is 0 Å². The highest BCUT2D eigenvalue weighted by Crippen LogP contribution is 2.43.